The van der Waals surface area contributed by atoms with E-state index < -0.39 is 0 Å². The second kappa shape index (κ2) is 9.44. The summed E-state index contributed by atoms with van der Waals surface area (Å²) >= 11 is 10.2. The minimum atomic E-state index is -0.255. The molecule has 0 saturated carbocycles. The number of benzene rings is 1. The van der Waals surface area contributed by atoms with E-state index in [1.54, 1.807) is 42.7 Å². The van der Waals surface area contributed by atoms with Crippen LogP contribution in [0.3, 0.4) is 0 Å². The van der Waals surface area contributed by atoms with Crippen LogP contribution < -0.4 is 10.6 Å². The maximum atomic E-state index is 12.3. The molecule has 2 rings (SSSR count). The first-order chi connectivity index (χ1) is 12.0. The van der Waals surface area contributed by atoms with Crippen molar-refractivity contribution in [2.45, 2.75) is 24.7 Å². The lowest BCUT2D eigenvalue weighted by Gasteiger charge is -2.15. The van der Waals surface area contributed by atoms with E-state index in [1.165, 1.54) is 0 Å². The number of amides is 2. The second-order valence-electron chi connectivity index (χ2n) is 5.54. The zero-order valence-electron chi connectivity index (χ0n) is 13.8. The van der Waals surface area contributed by atoms with E-state index in [2.05, 4.69) is 28.2 Å². The molecule has 0 aliphatic rings. The highest BCUT2D eigenvalue weighted by Crippen LogP contribution is 2.19. The Kier molecular flexibility index (Phi) is 7.28. The van der Waals surface area contributed by atoms with Crippen molar-refractivity contribution < 1.29 is 9.59 Å². The second-order valence-corrected chi connectivity index (χ2v) is 6.46. The van der Waals surface area contributed by atoms with Gasteiger partial charge in [0, 0.05) is 28.6 Å². The van der Waals surface area contributed by atoms with Gasteiger partial charge in [-0.15, -0.1) is 12.6 Å². The average molecular weight is 378 g/mol. The quantitative estimate of drug-likeness (QED) is 0.642. The SMILES string of the molecule is CCC(CCNC(=O)c1cc(Cl)ccc1S)C(=O)Nc1cccnc1. The summed E-state index contributed by atoms with van der Waals surface area (Å²) in [6.07, 6.45) is 4.46. The van der Waals surface area contributed by atoms with Crippen molar-refractivity contribution in [3.8, 4) is 0 Å². The number of carbonyl (C=O) groups excluding carboxylic acids is 2. The maximum absolute atomic E-state index is 12.3. The van der Waals surface area contributed by atoms with Crippen molar-refractivity contribution >= 4 is 41.7 Å². The Morgan fingerprint density at radius 1 is 1.32 bits per heavy atom. The molecule has 0 bridgehead atoms. The predicted molar refractivity (Wildman–Crippen MR) is 102 cm³/mol. The third-order valence-electron chi connectivity index (χ3n) is 3.77. The molecule has 1 unspecified atom stereocenters. The first kappa shape index (κ1) is 19.3. The number of pyridine rings is 1. The molecule has 132 valence electrons. The molecule has 7 heteroatoms. The molecular weight excluding hydrogens is 358 g/mol. The van der Waals surface area contributed by atoms with Crippen LogP contribution >= 0.6 is 24.2 Å². The Morgan fingerprint density at radius 2 is 2.12 bits per heavy atom. The number of aromatic nitrogens is 1. The van der Waals surface area contributed by atoms with Crippen molar-refractivity contribution in [3.63, 3.8) is 0 Å². The lowest BCUT2D eigenvalue weighted by molar-refractivity contribution is -0.120. The standard InChI is InChI=1S/C18H20ClN3O2S/c1-2-12(17(23)22-14-4-3-8-20-11-14)7-9-21-18(24)15-10-13(19)5-6-16(15)25/h3-6,8,10-12,25H,2,7,9H2,1H3,(H,21,24)(H,22,23). The summed E-state index contributed by atoms with van der Waals surface area (Å²) in [7, 11) is 0. The summed E-state index contributed by atoms with van der Waals surface area (Å²) in [4.78, 5) is 29.1. The first-order valence-corrected chi connectivity index (χ1v) is 8.81. The Labute approximate surface area is 157 Å². The zero-order chi connectivity index (χ0) is 18.2. The molecule has 0 fully saturated rings. The van der Waals surface area contributed by atoms with Crippen LogP contribution in [0.1, 0.15) is 30.1 Å². The minimum absolute atomic E-state index is 0.0811. The topological polar surface area (TPSA) is 71.1 Å². The fraction of sp³-hybridized carbons (Fsp3) is 0.278. The third kappa shape index (κ3) is 5.76. The summed E-state index contributed by atoms with van der Waals surface area (Å²) in [6.45, 7) is 2.33. The Bertz CT molecular complexity index is 740. The molecule has 0 spiro atoms. The highest BCUT2D eigenvalue weighted by atomic mass is 35.5. The van der Waals surface area contributed by atoms with Crippen LogP contribution in [-0.2, 0) is 4.79 Å². The molecule has 2 N–H and O–H groups in total. The lowest BCUT2D eigenvalue weighted by atomic mass is 10.0. The average Bonchev–Trinajstić information content (AvgIpc) is 2.61. The van der Waals surface area contributed by atoms with Crippen molar-refractivity contribution in [1.82, 2.24) is 10.3 Å². The number of nitrogens with one attached hydrogen (secondary N) is 2. The van der Waals surface area contributed by atoms with Crippen LogP contribution in [-0.4, -0.2) is 23.3 Å². The number of hydrogen-bond donors (Lipinski definition) is 3. The van der Waals surface area contributed by atoms with Gasteiger partial charge < -0.3 is 10.6 Å². The van der Waals surface area contributed by atoms with E-state index in [0.29, 0.717) is 40.6 Å². The van der Waals surface area contributed by atoms with Crippen LogP contribution in [0.5, 0.6) is 0 Å². The number of thiol groups is 1. The Hall–Kier alpha value is -2.05. The first-order valence-electron chi connectivity index (χ1n) is 7.99. The molecule has 0 radical (unpaired) electrons. The van der Waals surface area contributed by atoms with Gasteiger partial charge in [0.25, 0.3) is 5.91 Å². The molecule has 1 aromatic carbocycles. The predicted octanol–water partition coefficient (Wildman–Crippen LogP) is 3.81. The molecule has 1 atom stereocenters. The van der Waals surface area contributed by atoms with E-state index in [4.69, 9.17) is 11.6 Å². The summed E-state index contributed by atoms with van der Waals surface area (Å²) in [6, 6.07) is 8.47. The molecule has 0 saturated heterocycles. The van der Waals surface area contributed by atoms with Crippen LogP contribution in [0.15, 0.2) is 47.6 Å². The minimum Gasteiger partial charge on any atom is -0.352 e. The highest BCUT2D eigenvalue weighted by molar-refractivity contribution is 7.80. The number of halogens is 1. The van der Waals surface area contributed by atoms with E-state index in [0.717, 1.165) is 0 Å². The van der Waals surface area contributed by atoms with Crippen molar-refractivity contribution in [2.24, 2.45) is 5.92 Å². The summed E-state index contributed by atoms with van der Waals surface area (Å²) in [5.74, 6) is -0.534. The fourth-order valence-corrected chi connectivity index (χ4v) is 2.76. The zero-order valence-corrected chi connectivity index (χ0v) is 15.5. The Balaban J connectivity index is 1.87. The molecular formula is C18H20ClN3O2S. The van der Waals surface area contributed by atoms with Gasteiger partial charge in [-0.3, -0.25) is 14.6 Å². The molecule has 5 nitrogen and oxygen atoms in total. The van der Waals surface area contributed by atoms with Gasteiger partial charge in [0.2, 0.25) is 5.91 Å². The molecule has 25 heavy (non-hydrogen) atoms. The van der Waals surface area contributed by atoms with E-state index in [1.807, 2.05) is 6.92 Å². The third-order valence-corrected chi connectivity index (χ3v) is 4.40. The molecule has 0 aliphatic heterocycles. The smallest absolute Gasteiger partial charge is 0.252 e. The molecule has 1 heterocycles. The Morgan fingerprint density at radius 3 is 2.80 bits per heavy atom. The van der Waals surface area contributed by atoms with Gasteiger partial charge >= 0.3 is 0 Å². The lowest BCUT2D eigenvalue weighted by Crippen LogP contribution is -2.30. The van der Waals surface area contributed by atoms with E-state index in [-0.39, 0.29) is 17.7 Å². The summed E-state index contributed by atoms with van der Waals surface area (Å²) in [5, 5.41) is 6.12. The van der Waals surface area contributed by atoms with Gasteiger partial charge in [0.05, 0.1) is 17.4 Å². The van der Waals surface area contributed by atoms with Gasteiger partial charge in [0.15, 0.2) is 0 Å². The van der Waals surface area contributed by atoms with Gasteiger partial charge in [-0.05, 0) is 43.2 Å². The van der Waals surface area contributed by atoms with Crippen LogP contribution in [0, 0.1) is 5.92 Å². The van der Waals surface area contributed by atoms with E-state index >= 15 is 0 Å². The molecule has 2 aromatic rings. The van der Waals surface area contributed by atoms with Gasteiger partial charge in [-0.1, -0.05) is 18.5 Å². The number of hydrogen-bond acceptors (Lipinski definition) is 4. The monoisotopic (exact) mass is 377 g/mol. The normalized spacial score (nSPS) is 11.6. The summed E-state index contributed by atoms with van der Waals surface area (Å²) < 4.78 is 0. The van der Waals surface area contributed by atoms with Gasteiger partial charge in [0.1, 0.15) is 0 Å². The van der Waals surface area contributed by atoms with Crippen LogP contribution in [0.25, 0.3) is 0 Å². The van der Waals surface area contributed by atoms with Gasteiger partial charge in [-0.2, -0.15) is 0 Å². The van der Waals surface area contributed by atoms with E-state index in [9.17, 15) is 9.59 Å². The number of nitrogens with zero attached hydrogens (tertiary/aromatic N) is 1. The number of rotatable bonds is 7. The van der Waals surface area contributed by atoms with Crippen LogP contribution in [0.2, 0.25) is 5.02 Å². The van der Waals surface area contributed by atoms with Crippen molar-refractivity contribution in [2.75, 3.05) is 11.9 Å². The number of anilines is 1. The van der Waals surface area contributed by atoms with Gasteiger partial charge in [-0.25, -0.2) is 0 Å². The highest BCUT2D eigenvalue weighted by Gasteiger charge is 2.17. The fourth-order valence-electron chi connectivity index (χ4n) is 2.35. The molecule has 1 aromatic heterocycles. The van der Waals surface area contributed by atoms with Crippen molar-refractivity contribution in [3.05, 3.63) is 53.3 Å². The largest absolute Gasteiger partial charge is 0.352 e. The molecule has 2 amide bonds. The summed E-state index contributed by atoms with van der Waals surface area (Å²) in [5.41, 5.74) is 1.08. The van der Waals surface area contributed by atoms with Crippen LogP contribution in [0.4, 0.5) is 5.69 Å². The number of carbonyl (C=O) groups is 2. The van der Waals surface area contributed by atoms with Crippen molar-refractivity contribution in [1.29, 1.82) is 0 Å². The molecule has 0 aliphatic carbocycles. The maximum Gasteiger partial charge on any atom is 0.252 e.